The second-order valence-electron chi connectivity index (χ2n) is 4.24. The molecule has 0 aliphatic carbocycles. The van der Waals surface area contributed by atoms with Gasteiger partial charge in [0.2, 0.25) is 0 Å². The largest absolute Gasteiger partial charge is 0.320 e. The number of thioether (sulfide) groups is 1. The lowest BCUT2D eigenvalue weighted by atomic mass is 10.3. The first-order valence-corrected chi connectivity index (χ1v) is 7.50. The molecule has 7 heteroatoms. The molecule has 0 radical (unpaired) electrons. The Balaban J connectivity index is 1.93. The van der Waals surface area contributed by atoms with E-state index in [1.54, 1.807) is 42.6 Å². The van der Waals surface area contributed by atoms with Crippen LogP contribution in [0.1, 0.15) is 12.4 Å². The predicted octanol–water partition coefficient (Wildman–Crippen LogP) is 4.77. The molecule has 3 aromatic rings. The number of pyridine rings is 1. The molecule has 3 nitrogen and oxygen atoms in total. The molecular formula is C14H10ClF2N3S. The summed E-state index contributed by atoms with van der Waals surface area (Å²) in [5, 5.41) is 1.11. The molecule has 0 N–H and O–H groups in total. The third-order valence-electron chi connectivity index (χ3n) is 2.93. The van der Waals surface area contributed by atoms with E-state index in [1.807, 2.05) is 0 Å². The fraction of sp³-hybridized carbons (Fsp3) is 0.143. The zero-order chi connectivity index (χ0) is 14.8. The normalized spacial score (nSPS) is 11.4. The monoisotopic (exact) mass is 325 g/mol. The van der Waals surface area contributed by atoms with Crippen molar-refractivity contribution in [2.45, 2.75) is 17.3 Å². The zero-order valence-corrected chi connectivity index (χ0v) is 12.3. The molecule has 2 heterocycles. The van der Waals surface area contributed by atoms with Crippen LogP contribution >= 0.6 is 23.4 Å². The van der Waals surface area contributed by atoms with Crippen LogP contribution in [0.5, 0.6) is 0 Å². The number of halogens is 3. The van der Waals surface area contributed by atoms with Crippen LogP contribution in [0.3, 0.4) is 0 Å². The minimum absolute atomic E-state index is 0.274. The Morgan fingerprint density at radius 1 is 1.19 bits per heavy atom. The average molecular weight is 326 g/mol. The summed E-state index contributed by atoms with van der Waals surface area (Å²) in [6.45, 7) is -2.63. The third kappa shape index (κ3) is 2.87. The van der Waals surface area contributed by atoms with Crippen LogP contribution in [0.4, 0.5) is 8.78 Å². The van der Waals surface area contributed by atoms with E-state index in [4.69, 9.17) is 11.6 Å². The minimum atomic E-state index is -2.63. The van der Waals surface area contributed by atoms with E-state index in [2.05, 4.69) is 9.97 Å². The van der Waals surface area contributed by atoms with Gasteiger partial charge in [0.05, 0.1) is 21.8 Å². The summed E-state index contributed by atoms with van der Waals surface area (Å²) in [6, 6.07) is 10.3. The summed E-state index contributed by atoms with van der Waals surface area (Å²) in [5.41, 5.74) is 0.982. The number of alkyl halides is 2. The zero-order valence-electron chi connectivity index (χ0n) is 10.7. The Kier molecular flexibility index (Phi) is 4.07. The Bertz CT molecular complexity index is 776. The number of aromatic nitrogens is 3. The van der Waals surface area contributed by atoms with Crippen LogP contribution in [0.2, 0.25) is 5.02 Å². The first-order chi connectivity index (χ1) is 10.2. The molecule has 0 atom stereocenters. The molecule has 1 aromatic carbocycles. The van der Waals surface area contributed by atoms with E-state index in [0.29, 0.717) is 26.9 Å². The maximum atomic E-state index is 13.3. The molecule has 0 saturated heterocycles. The van der Waals surface area contributed by atoms with Crippen molar-refractivity contribution in [1.29, 1.82) is 0 Å². The van der Waals surface area contributed by atoms with E-state index in [0.717, 1.165) is 4.57 Å². The molecule has 3 rings (SSSR count). The van der Waals surface area contributed by atoms with Crippen LogP contribution in [-0.4, -0.2) is 14.5 Å². The van der Waals surface area contributed by atoms with Crippen molar-refractivity contribution in [1.82, 2.24) is 14.5 Å². The first kappa shape index (κ1) is 14.3. The number of benzene rings is 1. The molecule has 0 saturated carbocycles. The van der Waals surface area contributed by atoms with Gasteiger partial charge in [0.15, 0.2) is 0 Å². The molecule has 0 unspecified atom stereocenters. The van der Waals surface area contributed by atoms with E-state index < -0.39 is 6.55 Å². The highest BCUT2D eigenvalue weighted by molar-refractivity contribution is 7.98. The van der Waals surface area contributed by atoms with Crippen LogP contribution in [0.25, 0.3) is 11.0 Å². The molecule has 0 amide bonds. The standard InChI is InChI=1S/C14H10ClF2N3S/c15-9-4-3-7-18-13(9)21-8-12-19-10-5-1-2-6-11(10)20(12)14(16)17/h1-7,14H,8H2. The first-order valence-electron chi connectivity index (χ1n) is 6.14. The summed E-state index contributed by atoms with van der Waals surface area (Å²) in [5.74, 6) is 0.577. The molecule has 0 aliphatic heterocycles. The number of hydrogen-bond donors (Lipinski definition) is 0. The van der Waals surface area contributed by atoms with Gasteiger partial charge in [-0.1, -0.05) is 35.5 Å². The van der Waals surface area contributed by atoms with Crippen molar-refractivity contribution >= 4 is 34.4 Å². The van der Waals surface area contributed by atoms with E-state index in [1.165, 1.54) is 11.8 Å². The van der Waals surface area contributed by atoms with Crippen LogP contribution < -0.4 is 0 Å². The van der Waals surface area contributed by atoms with Gasteiger partial charge >= 0.3 is 6.55 Å². The molecule has 108 valence electrons. The maximum absolute atomic E-state index is 13.3. The molecule has 2 aromatic heterocycles. The van der Waals surface area contributed by atoms with Gasteiger partial charge < -0.3 is 0 Å². The van der Waals surface area contributed by atoms with Gasteiger partial charge in [-0.05, 0) is 24.3 Å². The van der Waals surface area contributed by atoms with E-state index in [9.17, 15) is 8.78 Å². The smallest absolute Gasteiger partial charge is 0.269 e. The number of hydrogen-bond acceptors (Lipinski definition) is 3. The minimum Gasteiger partial charge on any atom is -0.269 e. The topological polar surface area (TPSA) is 30.7 Å². The van der Waals surface area contributed by atoms with Crippen molar-refractivity contribution in [3.8, 4) is 0 Å². The molecule has 0 fully saturated rings. The molecule has 0 spiro atoms. The Labute approximate surface area is 129 Å². The molecule has 0 bridgehead atoms. The number of rotatable bonds is 4. The fourth-order valence-electron chi connectivity index (χ4n) is 2.02. The highest BCUT2D eigenvalue weighted by atomic mass is 35.5. The summed E-state index contributed by atoms with van der Waals surface area (Å²) < 4.78 is 27.5. The average Bonchev–Trinajstić information content (AvgIpc) is 2.85. The van der Waals surface area contributed by atoms with Gasteiger partial charge in [0.25, 0.3) is 0 Å². The van der Waals surface area contributed by atoms with Crippen LogP contribution in [0.15, 0.2) is 47.6 Å². The lowest BCUT2D eigenvalue weighted by Crippen LogP contribution is -2.03. The van der Waals surface area contributed by atoms with Crippen molar-refractivity contribution in [2.24, 2.45) is 0 Å². The van der Waals surface area contributed by atoms with E-state index in [-0.39, 0.29) is 5.75 Å². The van der Waals surface area contributed by atoms with Crippen molar-refractivity contribution in [3.63, 3.8) is 0 Å². The predicted molar refractivity (Wildman–Crippen MR) is 79.8 cm³/mol. The van der Waals surface area contributed by atoms with E-state index >= 15 is 0 Å². The summed E-state index contributed by atoms with van der Waals surface area (Å²) in [6.07, 6.45) is 1.62. The number of fused-ring (bicyclic) bond motifs is 1. The Morgan fingerprint density at radius 3 is 2.76 bits per heavy atom. The van der Waals surface area contributed by atoms with Crippen molar-refractivity contribution in [2.75, 3.05) is 0 Å². The second-order valence-corrected chi connectivity index (χ2v) is 5.61. The van der Waals surface area contributed by atoms with Crippen LogP contribution in [0, 0.1) is 0 Å². The quantitative estimate of drug-likeness (QED) is 0.647. The lowest BCUT2D eigenvalue weighted by molar-refractivity contribution is 0.0722. The van der Waals surface area contributed by atoms with Gasteiger partial charge in [0.1, 0.15) is 10.9 Å². The molecular weight excluding hydrogens is 316 g/mol. The van der Waals surface area contributed by atoms with Crippen LogP contribution in [-0.2, 0) is 5.75 Å². The highest BCUT2D eigenvalue weighted by Gasteiger charge is 2.17. The number of nitrogens with zero attached hydrogens (tertiary/aromatic N) is 3. The molecule has 21 heavy (non-hydrogen) atoms. The van der Waals surface area contributed by atoms with Gasteiger partial charge in [-0.25, -0.2) is 9.97 Å². The lowest BCUT2D eigenvalue weighted by Gasteiger charge is -2.07. The summed E-state index contributed by atoms with van der Waals surface area (Å²) in [4.78, 5) is 8.40. The van der Waals surface area contributed by atoms with Gasteiger partial charge in [-0.15, -0.1) is 0 Å². The van der Waals surface area contributed by atoms with Gasteiger partial charge in [-0.2, -0.15) is 8.78 Å². The second kappa shape index (κ2) is 5.99. The Morgan fingerprint density at radius 2 is 2.00 bits per heavy atom. The van der Waals surface area contributed by atoms with Crippen molar-refractivity contribution < 1.29 is 8.78 Å². The molecule has 0 aliphatic rings. The Hall–Kier alpha value is -1.66. The summed E-state index contributed by atoms with van der Waals surface area (Å²) >= 11 is 7.30. The number of para-hydroxylation sites is 2. The SMILES string of the molecule is FC(F)n1c(CSc2ncccc2Cl)nc2ccccc21. The van der Waals surface area contributed by atoms with Crippen molar-refractivity contribution in [3.05, 3.63) is 53.4 Å². The third-order valence-corrected chi connectivity index (χ3v) is 4.35. The highest BCUT2D eigenvalue weighted by Crippen LogP contribution is 2.30. The summed E-state index contributed by atoms with van der Waals surface area (Å²) in [7, 11) is 0. The van der Waals surface area contributed by atoms with Gasteiger partial charge in [0, 0.05) is 6.20 Å². The fourth-order valence-corrected chi connectivity index (χ4v) is 3.12. The number of imidazole rings is 1. The maximum Gasteiger partial charge on any atom is 0.320 e. The van der Waals surface area contributed by atoms with Gasteiger partial charge in [-0.3, -0.25) is 4.57 Å².